The molecule has 1 heterocycles. The van der Waals surface area contributed by atoms with Gasteiger partial charge >= 0.3 is 0 Å². The van der Waals surface area contributed by atoms with E-state index in [-0.39, 0.29) is 31.4 Å². The molecule has 1 N–H and O–H groups in total. The number of rotatable bonds is 3. The first-order valence-corrected chi connectivity index (χ1v) is 6.83. The van der Waals surface area contributed by atoms with Gasteiger partial charge in [0, 0.05) is 25.4 Å². The minimum atomic E-state index is -2.44. The molecular weight excluding hydrogens is 224 g/mol. The summed E-state index contributed by atoms with van der Waals surface area (Å²) in [6, 6.07) is 0.201. The normalized spacial score (nSPS) is 34.8. The molecule has 1 saturated heterocycles. The largest absolute Gasteiger partial charge is 0.395 e. The predicted molar refractivity (Wildman–Crippen MR) is 63.2 cm³/mol. The summed E-state index contributed by atoms with van der Waals surface area (Å²) in [5.41, 5.74) is 0. The third kappa shape index (κ3) is 3.62. The topological polar surface area (TPSA) is 23.5 Å². The zero-order valence-corrected chi connectivity index (χ0v) is 10.4. The van der Waals surface area contributed by atoms with Crippen LogP contribution < -0.4 is 0 Å². The lowest BCUT2D eigenvalue weighted by Crippen LogP contribution is -2.40. The summed E-state index contributed by atoms with van der Waals surface area (Å²) in [7, 11) is 0. The van der Waals surface area contributed by atoms with E-state index < -0.39 is 5.92 Å². The van der Waals surface area contributed by atoms with Crippen molar-refractivity contribution in [3.8, 4) is 0 Å². The average molecular weight is 247 g/mol. The highest BCUT2D eigenvalue weighted by atomic mass is 19.3. The second-order valence-electron chi connectivity index (χ2n) is 5.65. The van der Waals surface area contributed by atoms with Crippen molar-refractivity contribution < 1.29 is 13.9 Å². The fourth-order valence-corrected chi connectivity index (χ4v) is 3.21. The molecule has 2 aliphatic rings. The lowest BCUT2D eigenvalue weighted by Gasteiger charge is -2.30. The van der Waals surface area contributed by atoms with E-state index in [1.165, 1.54) is 6.42 Å². The monoisotopic (exact) mass is 247 g/mol. The minimum Gasteiger partial charge on any atom is -0.395 e. The van der Waals surface area contributed by atoms with Gasteiger partial charge < -0.3 is 5.11 Å². The van der Waals surface area contributed by atoms with Gasteiger partial charge in [0.25, 0.3) is 0 Å². The predicted octanol–water partition coefficient (Wildman–Crippen LogP) is 2.66. The van der Waals surface area contributed by atoms with Crippen molar-refractivity contribution in [2.24, 2.45) is 5.92 Å². The number of aliphatic hydroxyl groups excluding tert-OH is 1. The molecule has 2 unspecified atom stereocenters. The molecule has 0 spiro atoms. The van der Waals surface area contributed by atoms with Gasteiger partial charge in [-0.1, -0.05) is 12.8 Å². The molecule has 0 aromatic rings. The number of alkyl halides is 2. The zero-order valence-electron chi connectivity index (χ0n) is 10.4. The molecule has 0 aromatic carbocycles. The molecular formula is C13H23F2NO. The number of nitrogens with zero attached hydrogens (tertiary/aromatic N) is 1. The van der Waals surface area contributed by atoms with E-state index in [1.807, 2.05) is 0 Å². The van der Waals surface area contributed by atoms with E-state index in [4.69, 9.17) is 0 Å². The van der Waals surface area contributed by atoms with Gasteiger partial charge in [0.1, 0.15) is 0 Å². The van der Waals surface area contributed by atoms with Crippen LogP contribution in [0.4, 0.5) is 8.78 Å². The maximum absolute atomic E-state index is 13.1. The number of hydrogen-bond donors (Lipinski definition) is 1. The molecule has 100 valence electrons. The first kappa shape index (κ1) is 13.2. The van der Waals surface area contributed by atoms with Crippen LogP contribution in [0.15, 0.2) is 0 Å². The zero-order chi connectivity index (χ0) is 12.3. The molecule has 0 radical (unpaired) electrons. The highest BCUT2D eigenvalue weighted by Crippen LogP contribution is 2.39. The first-order valence-electron chi connectivity index (χ1n) is 6.83. The Kier molecular flexibility index (Phi) is 4.36. The van der Waals surface area contributed by atoms with Gasteiger partial charge in [0.2, 0.25) is 5.92 Å². The van der Waals surface area contributed by atoms with Crippen LogP contribution in [-0.2, 0) is 0 Å². The van der Waals surface area contributed by atoms with Crippen molar-refractivity contribution in [1.29, 1.82) is 0 Å². The maximum atomic E-state index is 13.1. The third-order valence-electron chi connectivity index (χ3n) is 4.21. The molecule has 0 bridgehead atoms. The molecule has 2 nitrogen and oxygen atoms in total. The van der Waals surface area contributed by atoms with Crippen LogP contribution in [0, 0.1) is 5.92 Å². The van der Waals surface area contributed by atoms with Crippen LogP contribution >= 0.6 is 0 Å². The van der Waals surface area contributed by atoms with Crippen molar-refractivity contribution in [2.45, 2.75) is 56.9 Å². The molecule has 0 amide bonds. The van der Waals surface area contributed by atoms with Crippen molar-refractivity contribution in [3.05, 3.63) is 0 Å². The Morgan fingerprint density at radius 1 is 1.18 bits per heavy atom. The lowest BCUT2D eigenvalue weighted by atomic mass is 10.1. The molecule has 17 heavy (non-hydrogen) atoms. The van der Waals surface area contributed by atoms with E-state index in [1.54, 1.807) is 0 Å². The molecule has 1 aliphatic carbocycles. The summed E-state index contributed by atoms with van der Waals surface area (Å²) in [6.45, 7) is 1.89. The summed E-state index contributed by atoms with van der Waals surface area (Å²) in [5, 5.41) is 9.37. The molecule has 0 aromatic heterocycles. The van der Waals surface area contributed by atoms with Crippen LogP contribution in [0.5, 0.6) is 0 Å². The van der Waals surface area contributed by atoms with Crippen molar-refractivity contribution in [1.82, 2.24) is 4.90 Å². The van der Waals surface area contributed by atoms with Crippen LogP contribution in [-0.4, -0.2) is 41.7 Å². The summed E-state index contributed by atoms with van der Waals surface area (Å²) in [4.78, 5) is 2.25. The summed E-state index contributed by atoms with van der Waals surface area (Å²) >= 11 is 0. The smallest absolute Gasteiger partial charge is 0.248 e. The Morgan fingerprint density at radius 2 is 2.00 bits per heavy atom. The highest BCUT2D eigenvalue weighted by molar-refractivity contribution is 4.85. The number of aliphatic hydroxyl groups is 1. The van der Waals surface area contributed by atoms with Gasteiger partial charge in [-0.25, -0.2) is 8.78 Å². The first-order chi connectivity index (χ1) is 8.11. The van der Waals surface area contributed by atoms with Gasteiger partial charge in [-0.15, -0.1) is 0 Å². The van der Waals surface area contributed by atoms with Crippen molar-refractivity contribution >= 4 is 0 Å². The lowest BCUT2D eigenvalue weighted by molar-refractivity contribution is 0.00202. The van der Waals surface area contributed by atoms with Gasteiger partial charge in [-0.2, -0.15) is 0 Å². The Morgan fingerprint density at radius 3 is 2.65 bits per heavy atom. The Hall–Kier alpha value is -0.220. The second kappa shape index (κ2) is 5.61. The Balaban J connectivity index is 1.87. The van der Waals surface area contributed by atoms with E-state index in [9.17, 15) is 13.9 Å². The van der Waals surface area contributed by atoms with Gasteiger partial charge in [-0.3, -0.25) is 4.90 Å². The van der Waals surface area contributed by atoms with Crippen molar-refractivity contribution in [3.63, 3.8) is 0 Å². The highest BCUT2D eigenvalue weighted by Gasteiger charge is 2.40. The Labute approximate surface area is 102 Å². The quantitative estimate of drug-likeness (QED) is 0.828. The number of hydrogen-bond acceptors (Lipinski definition) is 2. The molecule has 2 rings (SSSR count). The third-order valence-corrected chi connectivity index (χ3v) is 4.21. The van der Waals surface area contributed by atoms with Gasteiger partial charge in [-0.05, 0) is 31.7 Å². The van der Waals surface area contributed by atoms with Gasteiger partial charge in [0.05, 0.1) is 6.61 Å². The summed E-state index contributed by atoms with van der Waals surface area (Å²) in [5.74, 6) is -2.32. The van der Waals surface area contributed by atoms with Crippen LogP contribution in [0.1, 0.15) is 44.9 Å². The van der Waals surface area contributed by atoms with Crippen LogP contribution in [0.3, 0.4) is 0 Å². The van der Waals surface area contributed by atoms with E-state index in [0.717, 1.165) is 32.4 Å². The SMILES string of the molecule is OCC1CCCCCN1CC1CCC(F)(F)C1. The standard InChI is InChI=1S/C13H23F2NO/c14-13(15)6-5-11(8-13)9-16-7-3-1-2-4-12(16)10-17/h11-12,17H,1-10H2. The summed E-state index contributed by atoms with van der Waals surface area (Å²) in [6.07, 6.45) is 5.24. The van der Waals surface area contributed by atoms with Crippen LogP contribution in [0.2, 0.25) is 0 Å². The second-order valence-corrected chi connectivity index (χ2v) is 5.65. The van der Waals surface area contributed by atoms with Gasteiger partial charge in [0.15, 0.2) is 0 Å². The number of halogens is 2. The minimum absolute atomic E-state index is 0.0433. The summed E-state index contributed by atoms with van der Waals surface area (Å²) < 4.78 is 26.3. The maximum Gasteiger partial charge on any atom is 0.248 e. The Bertz CT molecular complexity index is 248. The van der Waals surface area contributed by atoms with E-state index in [0.29, 0.717) is 6.42 Å². The molecule has 1 saturated carbocycles. The van der Waals surface area contributed by atoms with Crippen LogP contribution in [0.25, 0.3) is 0 Å². The fraction of sp³-hybridized carbons (Fsp3) is 1.00. The number of likely N-dealkylation sites (tertiary alicyclic amines) is 1. The van der Waals surface area contributed by atoms with E-state index in [2.05, 4.69) is 4.90 Å². The van der Waals surface area contributed by atoms with Crippen molar-refractivity contribution in [2.75, 3.05) is 19.7 Å². The molecule has 2 atom stereocenters. The molecule has 2 fully saturated rings. The fourth-order valence-electron chi connectivity index (χ4n) is 3.21. The van der Waals surface area contributed by atoms with E-state index >= 15 is 0 Å². The molecule has 4 heteroatoms. The molecule has 1 aliphatic heterocycles. The average Bonchev–Trinajstić information content (AvgIpc) is 2.50.